The van der Waals surface area contributed by atoms with Crippen molar-refractivity contribution < 1.29 is 0 Å². The summed E-state index contributed by atoms with van der Waals surface area (Å²) in [6.45, 7) is 5.32. The van der Waals surface area contributed by atoms with Gasteiger partial charge in [-0.1, -0.05) is 116 Å². The number of hydrogen-bond donors (Lipinski definition) is 3. The summed E-state index contributed by atoms with van der Waals surface area (Å²) in [7, 11) is 0. The molecule has 0 saturated heterocycles. The molecule has 2 rings (SSSR count). The fraction of sp³-hybridized carbons (Fsp3) is 0.643. The van der Waals surface area contributed by atoms with Gasteiger partial charge in [0, 0.05) is 12.2 Å². The molecule has 0 bridgehead atoms. The summed E-state index contributed by atoms with van der Waals surface area (Å²) in [4.78, 5) is 8.68. The molecular weight excluding hydrogens is 406 g/mol. The zero-order valence-corrected chi connectivity index (χ0v) is 21.2. The molecule has 0 saturated carbocycles. The van der Waals surface area contributed by atoms with Crippen molar-refractivity contribution in [3.05, 3.63) is 36.2 Å². The standard InChI is InChI=1S/C28H47N5/c1-3-5-6-7-8-9-10-11-12-13-14-15-16-19-22-30-27-26(29)28(32-23-31-27)33-25-21-18-17-20-24(25)4-2/h17-18,20-21,23H,3-16,19,22,29H2,1-2H3,(H2,30,31,32,33). The monoisotopic (exact) mass is 453 g/mol. The third-order valence-electron chi connectivity index (χ3n) is 6.36. The van der Waals surface area contributed by atoms with Crippen molar-refractivity contribution >= 4 is 23.0 Å². The van der Waals surface area contributed by atoms with Crippen LogP contribution in [0.1, 0.15) is 109 Å². The molecule has 0 aliphatic heterocycles. The number of anilines is 4. The van der Waals surface area contributed by atoms with Crippen LogP contribution in [-0.4, -0.2) is 16.5 Å². The maximum absolute atomic E-state index is 6.33. The molecule has 1 aromatic heterocycles. The molecular formula is C28H47N5. The number of rotatable bonds is 19. The second-order valence-corrected chi connectivity index (χ2v) is 9.14. The summed E-state index contributed by atoms with van der Waals surface area (Å²) in [5, 5.41) is 6.77. The Morgan fingerprint density at radius 1 is 0.697 bits per heavy atom. The molecule has 0 aliphatic carbocycles. The van der Waals surface area contributed by atoms with E-state index >= 15 is 0 Å². The van der Waals surface area contributed by atoms with E-state index in [1.165, 1.54) is 89.0 Å². The van der Waals surface area contributed by atoms with Crippen LogP contribution in [0.4, 0.5) is 23.0 Å². The van der Waals surface area contributed by atoms with E-state index in [9.17, 15) is 0 Å². The fourth-order valence-electron chi connectivity index (χ4n) is 4.24. The minimum atomic E-state index is 0.578. The van der Waals surface area contributed by atoms with Crippen molar-refractivity contribution in [2.45, 2.75) is 110 Å². The van der Waals surface area contributed by atoms with Crippen molar-refractivity contribution in [3.8, 4) is 0 Å². The molecule has 0 amide bonds. The first-order valence-electron chi connectivity index (χ1n) is 13.5. The van der Waals surface area contributed by atoms with Gasteiger partial charge in [0.15, 0.2) is 11.6 Å². The summed E-state index contributed by atoms with van der Waals surface area (Å²) in [5.41, 5.74) is 9.20. The maximum atomic E-state index is 6.33. The Kier molecular flexibility index (Phi) is 14.1. The number of unbranched alkanes of at least 4 members (excludes halogenated alkanes) is 13. The van der Waals surface area contributed by atoms with E-state index in [1.807, 2.05) is 6.07 Å². The molecule has 0 aliphatic rings. The minimum absolute atomic E-state index is 0.578. The van der Waals surface area contributed by atoms with Crippen molar-refractivity contribution in [1.82, 2.24) is 9.97 Å². The second-order valence-electron chi connectivity index (χ2n) is 9.14. The fourth-order valence-corrected chi connectivity index (χ4v) is 4.24. The Morgan fingerprint density at radius 2 is 1.24 bits per heavy atom. The largest absolute Gasteiger partial charge is 0.393 e. The minimum Gasteiger partial charge on any atom is -0.393 e. The molecule has 4 N–H and O–H groups in total. The van der Waals surface area contributed by atoms with Gasteiger partial charge < -0.3 is 16.4 Å². The van der Waals surface area contributed by atoms with E-state index in [0.29, 0.717) is 11.5 Å². The normalized spacial score (nSPS) is 11.0. The van der Waals surface area contributed by atoms with Gasteiger partial charge >= 0.3 is 0 Å². The number of nitrogen functional groups attached to an aromatic ring is 1. The first-order chi connectivity index (χ1) is 16.3. The van der Waals surface area contributed by atoms with E-state index < -0.39 is 0 Å². The van der Waals surface area contributed by atoms with Crippen LogP contribution >= 0.6 is 0 Å². The third-order valence-corrected chi connectivity index (χ3v) is 6.36. The Labute approximate surface area is 202 Å². The van der Waals surface area contributed by atoms with Crippen LogP contribution in [0, 0.1) is 0 Å². The molecule has 1 aromatic carbocycles. The van der Waals surface area contributed by atoms with Gasteiger partial charge in [-0.25, -0.2) is 9.97 Å². The van der Waals surface area contributed by atoms with Crippen molar-refractivity contribution in [2.75, 3.05) is 22.9 Å². The molecule has 184 valence electrons. The summed E-state index contributed by atoms with van der Waals surface area (Å²) >= 11 is 0. The number of nitrogens with one attached hydrogen (secondary N) is 2. The first-order valence-corrected chi connectivity index (χ1v) is 13.5. The number of benzene rings is 1. The lowest BCUT2D eigenvalue weighted by atomic mass is 10.0. The SMILES string of the molecule is CCCCCCCCCCCCCCCCNc1ncnc(Nc2ccccc2CC)c1N. The van der Waals surface area contributed by atoms with E-state index in [4.69, 9.17) is 5.73 Å². The predicted octanol–water partition coefficient (Wildman–Crippen LogP) is 8.26. The number of para-hydroxylation sites is 1. The lowest BCUT2D eigenvalue weighted by molar-refractivity contribution is 0.537. The van der Waals surface area contributed by atoms with E-state index in [2.05, 4.69) is 52.6 Å². The maximum Gasteiger partial charge on any atom is 0.159 e. The van der Waals surface area contributed by atoms with E-state index in [0.717, 1.165) is 30.9 Å². The highest BCUT2D eigenvalue weighted by Crippen LogP contribution is 2.27. The Morgan fingerprint density at radius 3 is 1.85 bits per heavy atom. The van der Waals surface area contributed by atoms with Gasteiger partial charge in [-0.05, 0) is 24.5 Å². The van der Waals surface area contributed by atoms with Crippen LogP contribution in [0.25, 0.3) is 0 Å². The lowest BCUT2D eigenvalue weighted by Crippen LogP contribution is -2.09. The number of aromatic nitrogens is 2. The van der Waals surface area contributed by atoms with E-state index in [-0.39, 0.29) is 0 Å². The Balaban J connectivity index is 1.54. The highest BCUT2D eigenvalue weighted by molar-refractivity contribution is 5.78. The first kappa shape index (κ1) is 26.9. The van der Waals surface area contributed by atoms with Crippen LogP contribution in [0.2, 0.25) is 0 Å². The Bertz CT molecular complexity index is 762. The van der Waals surface area contributed by atoms with Gasteiger partial charge in [-0.15, -0.1) is 0 Å². The summed E-state index contributed by atoms with van der Waals surface area (Å²) < 4.78 is 0. The molecule has 5 heteroatoms. The van der Waals surface area contributed by atoms with Gasteiger partial charge in [0.2, 0.25) is 0 Å². The highest BCUT2D eigenvalue weighted by atomic mass is 15.1. The lowest BCUT2D eigenvalue weighted by Gasteiger charge is -2.14. The zero-order valence-electron chi connectivity index (χ0n) is 21.2. The molecule has 0 unspecified atom stereocenters. The molecule has 5 nitrogen and oxygen atoms in total. The summed E-state index contributed by atoms with van der Waals surface area (Å²) in [5.74, 6) is 1.38. The molecule has 0 fully saturated rings. The quantitative estimate of drug-likeness (QED) is 0.187. The molecule has 0 radical (unpaired) electrons. The highest BCUT2D eigenvalue weighted by Gasteiger charge is 2.09. The van der Waals surface area contributed by atoms with Crippen molar-refractivity contribution in [3.63, 3.8) is 0 Å². The summed E-state index contributed by atoms with van der Waals surface area (Å²) in [6, 6.07) is 8.25. The molecule has 2 aromatic rings. The second kappa shape index (κ2) is 17.2. The van der Waals surface area contributed by atoms with Gasteiger partial charge in [0.05, 0.1) is 0 Å². The van der Waals surface area contributed by atoms with Crippen molar-refractivity contribution in [2.24, 2.45) is 0 Å². The molecule has 0 spiro atoms. The van der Waals surface area contributed by atoms with Crippen LogP contribution in [0.5, 0.6) is 0 Å². The third kappa shape index (κ3) is 10.9. The van der Waals surface area contributed by atoms with Crippen LogP contribution in [0.3, 0.4) is 0 Å². The van der Waals surface area contributed by atoms with Crippen molar-refractivity contribution in [1.29, 1.82) is 0 Å². The summed E-state index contributed by atoms with van der Waals surface area (Å²) in [6.07, 6.45) is 21.7. The van der Waals surface area contributed by atoms with Gasteiger partial charge in [0.25, 0.3) is 0 Å². The molecule has 1 heterocycles. The van der Waals surface area contributed by atoms with Crippen LogP contribution in [-0.2, 0) is 6.42 Å². The van der Waals surface area contributed by atoms with Crippen LogP contribution < -0.4 is 16.4 Å². The Hall–Kier alpha value is -2.30. The van der Waals surface area contributed by atoms with Gasteiger partial charge in [-0.2, -0.15) is 0 Å². The number of hydrogen-bond acceptors (Lipinski definition) is 5. The zero-order chi connectivity index (χ0) is 23.6. The van der Waals surface area contributed by atoms with Gasteiger partial charge in [-0.3, -0.25) is 0 Å². The number of nitrogens with zero attached hydrogens (tertiary/aromatic N) is 2. The molecule has 33 heavy (non-hydrogen) atoms. The molecule has 0 atom stereocenters. The average molecular weight is 454 g/mol. The number of nitrogens with two attached hydrogens (primary N) is 1. The van der Waals surface area contributed by atoms with E-state index in [1.54, 1.807) is 6.33 Å². The average Bonchev–Trinajstić information content (AvgIpc) is 2.84. The predicted molar refractivity (Wildman–Crippen MR) is 144 cm³/mol. The van der Waals surface area contributed by atoms with Gasteiger partial charge in [0.1, 0.15) is 12.0 Å². The topological polar surface area (TPSA) is 75.9 Å². The number of aryl methyl sites for hydroxylation is 1. The van der Waals surface area contributed by atoms with Crippen LogP contribution in [0.15, 0.2) is 30.6 Å². The smallest absolute Gasteiger partial charge is 0.159 e.